The zero-order chi connectivity index (χ0) is 20.3. The zero-order valence-corrected chi connectivity index (χ0v) is 16.6. The van der Waals surface area contributed by atoms with Crippen LogP contribution in [-0.4, -0.2) is 40.2 Å². The predicted molar refractivity (Wildman–Crippen MR) is 118 cm³/mol. The molecule has 2 N–H and O–H groups in total. The van der Waals surface area contributed by atoms with Crippen LogP contribution >= 0.6 is 0 Å². The van der Waals surface area contributed by atoms with E-state index in [0.29, 0.717) is 5.56 Å². The molecule has 6 nitrogen and oxygen atoms in total. The van der Waals surface area contributed by atoms with Crippen molar-refractivity contribution in [2.24, 2.45) is 0 Å². The number of hydrogen-bond donors (Lipinski definition) is 2. The molecule has 0 spiro atoms. The summed E-state index contributed by atoms with van der Waals surface area (Å²) in [7, 11) is 0. The lowest BCUT2D eigenvalue weighted by Gasteiger charge is -2.34. The van der Waals surface area contributed by atoms with Gasteiger partial charge in [0.05, 0.1) is 5.52 Å². The summed E-state index contributed by atoms with van der Waals surface area (Å²) < 4.78 is 0. The predicted octanol–water partition coefficient (Wildman–Crippen LogP) is 4.02. The van der Waals surface area contributed by atoms with E-state index in [2.05, 4.69) is 49.7 Å². The summed E-state index contributed by atoms with van der Waals surface area (Å²) >= 11 is 0. The molecule has 0 aliphatic carbocycles. The van der Waals surface area contributed by atoms with Gasteiger partial charge in [-0.2, -0.15) is 5.10 Å². The number of carbonyl (C=O) groups is 1. The van der Waals surface area contributed by atoms with Crippen LogP contribution in [0, 0.1) is 0 Å². The van der Waals surface area contributed by atoms with Gasteiger partial charge in [0, 0.05) is 53.7 Å². The third kappa shape index (κ3) is 3.64. The first-order chi connectivity index (χ1) is 14.8. The summed E-state index contributed by atoms with van der Waals surface area (Å²) in [6.07, 6.45) is 5.54. The molecule has 1 atom stereocenters. The highest BCUT2D eigenvalue weighted by molar-refractivity contribution is 6.01. The monoisotopic (exact) mass is 397 g/mol. The lowest BCUT2D eigenvalue weighted by atomic mass is 10.0. The van der Waals surface area contributed by atoms with Crippen molar-refractivity contribution in [1.29, 1.82) is 0 Å². The van der Waals surface area contributed by atoms with E-state index >= 15 is 0 Å². The van der Waals surface area contributed by atoms with Crippen LogP contribution in [0.4, 0.5) is 5.69 Å². The van der Waals surface area contributed by atoms with E-state index in [0.717, 1.165) is 48.1 Å². The number of nitrogens with zero attached hydrogens (tertiary/aromatic N) is 3. The molecule has 2 aromatic carbocycles. The summed E-state index contributed by atoms with van der Waals surface area (Å²) in [6, 6.07) is 20.0. The Morgan fingerprint density at radius 2 is 1.90 bits per heavy atom. The molecule has 0 radical (unpaired) electrons. The van der Waals surface area contributed by atoms with E-state index in [1.54, 1.807) is 12.4 Å². The highest BCUT2D eigenvalue weighted by atomic mass is 16.1. The molecule has 0 unspecified atom stereocenters. The van der Waals surface area contributed by atoms with Crippen molar-refractivity contribution in [1.82, 2.24) is 20.5 Å². The quantitative estimate of drug-likeness (QED) is 0.545. The summed E-state index contributed by atoms with van der Waals surface area (Å²) in [5.74, 6) is -0.0429. The van der Waals surface area contributed by atoms with E-state index in [9.17, 15) is 4.79 Å². The molecule has 1 fully saturated rings. The minimum absolute atomic E-state index is 0.0429. The molecule has 4 aromatic rings. The lowest BCUT2D eigenvalue weighted by molar-refractivity contribution is 0.0933. The van der Waals surface area contributed by atoms with Crippen molar-refractivity contribution in [3.8, 4) is 11.3 Å². The van der Waals surface area contributed by atoms with Crippen LogP contribution in [0.25, 0.3) is 22.2 Å². The fourth-order valence-electron chi connectivity index (χ4n) is 4.12. The van der Waals surface area contributed by atoms with Crippen molar-refractivity contribution in [2.45, 2.75) is 18.9 Å². The van der Waals surface area contributed by atoms with Crippen LogP contribution in [-0.2, 0) is 0 Å². The van der Waals surface area contributed by atoms with E-state index < -0.39 is 0 Å². The van der Waals surface area contributed by atoms with Gasteiger partial charge in [0.1, 0.15) is 5.69 Å². The SMILES string of the molecule is O=C(N[C@@H]1CCCN(c2ccccc2)C1)c1ccc2[nH]nc(-c3ccncc3)c2c1. The molecule has 0 bridgehead atoms. The molecule has 150 valence electrons. The zero-order valence-electron chi connectivity index (χ0n) is 16.6. The van der Waals surface area contributed by atoms with Gasteiger partial charge in [0.25, 0.3) is 5.91 Å². The number of anilines is 1. The number of aromatic amines is 1. The summed E-state index contributed by atoms with van der Waals surface area (Å²) in [5.41, 5.74) is 4.56. The number of pyridine rings is 1. The van der Waals surface area contributed by atoms with Gasteiger partial charge in [0.15, 0.2) is 0 Å². The molecule has 2 aromatic heterocycles. The fraction of sp³-hybridized carbons (Fsp3) is 0.208. The number of carbonyl (C=O) groups excluding carboxylic acids is 1. The van der Waals surface area contributed by atoms with Crippen LogP contribution in [0.5, 0.6) is 0 Å². The average Bonchev–Trinajstić information content (AvgIpc) is 3.24. The second kappa shape index (κ2) is 7.99. The minimum atomic E-state index is -0.0429. The van der Waals surface area contributed by atoms with Gasteiger partial charge in [-0.1, -0.05) is 18.2 Å². The van der Waals surface area contributed by atoms with E-state index in [1.165, 1.54) is 5.69 Å². The Labute approximate surface area is 174 Å². The van der Waals surface area contributed by atoms with Crippen LogP contribution in [0.1, 0.15) is 23.2 Å². The number of para-hydroxylation sites is 1. The maximum Gasteiger partial charge on any atom is 0.251 e. The first-order valence-corrected chi connectivity index (χ1v) is 10.3. The van der Waals surface area contributed by atoms with Crippen molar-refractivity contribution in [2.75, 3.05) is 18.0 Å². The number of rotatable bonds is 4. The lowest BCUT2D eigenvalue weighted by Crippen LogP contribution is -2.47. The smallest absolute Gasteiger partial charge is 0.251 e. The fourth-order valence-corrected chi connectivity index (χ4v) is 4.12. The molecule has 1 saturated heterocycles. The highest BCUT2D eigenvalue weighted by Gasteiger charge is 2.22. The minimum Gasteiger partial charge on any atom is -0.369 e. The Kier molecular flexibility index (Phi) is 4.89. The molecule has 30 heavy (non-hydrogen) atoms. The molecule has 1 aliphatic heterocycles. The van der Waals surface area contributed by atoms with Crippen molar-refractivity contribution < 1.29 is 4.79 Å². The first-order valence-electron chi connectivity index (χ1n) is 10.3. The Bertz CT molecular complexity index is 1160. The normalized spacial score (nSPS) is 16.5. The summed E-state index contributed by atoms with van der Waals surface area (Å²) in [4.78, 5) is 19.4. The van der Waals surface area contributed by atoms with Crippen molar-refractivity contribution in [3.05, 3.63) is 78.6 Å². The molecular formula is C24H23N5O. The Balaban J connectivity index is 1.35. The maximum atomic E-state index is 13.0. The number of piperidine rings is 1. The highest BCUT2D eigenvalue weighted by Crippen LogP contribution is 2.27. The molecule has 0 saturated carbocycles. The van der Waals surface area contributed by atoms with Gasteiger partial charge >= 0.3 is 0 Å². The Morgan fingerprint density at radius 1 is 1.07 bits per heavy atom. The number of fused-ring (bicyclic) bond motifs is 1. The third-order valence-corrected chi connectivity index (χ3v) is 5.66. The van der Waals surface area contributed by atoms with E-state index in [-0.39, 0.29) is 11.9 Å². The molecular weight excluding hydrogens is 374 g/mol. The number of amides is 1. The van der Waals surface area contributed by atoms with Gasteiger partial charge in [0.2, 0.25) is 0 Å². The van der Waals surface area contributed by atoms with Crippen LogP contribution in [0.2, 0.25) is 0 Å². The molecule has 3 heterocycles. The molecule has 1 aliphatic rings. The standard InChI is InChI=1S/C24H23N5O/c30-24(26-19-5-4-14-29(16-19)20-6-2-1-3-7-20)18-8-9-22-21(15-18)23(28-27-22)17-10-12-25-13-11-17/h1-3,6-13,15,19H,4-5,14,16H2,(H,26,30)(H,27,28)/t19-/m1/s1. The molecule has 1 amide bonds. The Hall–Kier alpha value is -3.67. The molecule has 6 heteroatoms. The summed E-state index contributed by atoms with van der Waals surface area (Å²) in [6.45, 7) is 1.85. The van der Waals surface area contributed by atoms with Crippen molar-refractivity contribution >= 4 is 22.5 Å². The second-order valence-electron chi connectivity index (χ2n) is 7.66. The Morgan fingerprint density at radius 3 is 2.73 bits per heavy atom. The van der Waals surface area contributed by atoms with Gasteiger partial charge in [-0.3, -0.25) is 14.9 Å². The number of aromatic nitrogens is 3. The summed E-state index contributed by atoms with van der Waals surface area (Å²) in [5, 5.41) is 11.6. The van der Waals surface area contributed by atoms with Gasteiger partial charge in [-0.05, 0) is 55.3 Å². The van der Waals surface area contributed by atoms with E-state index in [1.807, 2.05) is 36.4 Å². The molecule has 5 rings (SSSR count). The number of nitrogens with one attached hydrogen (secondary N) is 2. The second-order valence-corrected chi connectivity index (χ2v) is 7.66. The number of benzene rings is 2. The van der Waals surface area contributed by atoms with Crippen molar-refractivity contribution in [3.63, 3.8) is 0 Å². The van der Waals surface area contributed by atoms with Gasteiger partial charge in [-0.25, -0.2) is 0 Å². The largest absolute Gasteiger partial charge is 0.369 e. The van der Waals surface area contributed by atoms with Gasteiger partial charge in [-0.15, -0.1) is 0 Å². The van der Waals surface area contributed by atoms with Crippen LogP contribution in [0.15, 0.2) is 73.1 Å². The van der Waals surface area contributed by atoms with E-state index in [4.69, 9.17) is 0 Å². The average molecular weight is 397 g/mol. The van der Waals surface area contributed by atoms with Crippen LogP contribution in [0.3, 0.4) is 0 Å². The first kappa shape index (κ1) is 18.4. The maximum absolute atomic E-state index is 13.0. The van der Waals surface area contributed by atoms with Crippen LogP contribution < -0.4 is 10.2 Å². The third-order valence-electron chi connectivity index (χ3n) is 5.66. The number of hydrogen-bond acceptors (Lipinski definition) is 4. The van der Waals surface area contributed by atoms with Gasteiger partial charge < -0.3 is 10.2 Å². The topological polar surface area (TPSA) is 73.9 Å². The number of H-pyrrole nitrogens is 1.